The molecule has 1 unspecified atom stereocenters. The molecule has 4 nitrogen and oxygen atoms in total. The number of hydrogen-bond acceptors (Lipinski definition) is 3. The third kappa shape index (κ3) is 3.54. The van der Waals surface area contributed by atoms with Crippen molar-refractivity contribution in [2.75, 3.05) is 11.9 Å². The van der Waals surface area contributed by atoms with E-state index in [0.29, 0.717) is 12.2 Å². The smallest absolute Gasteiger partial charge is 0.255 e. The van der Waals surface area contributed by atoms with E-state index in [4.69, 9.17) is 4.74 Å². The van der Waals surface area contributed by atoms with Gasteiger partial charge < -0.3 is 15.4 Å². The summed E-state index contributed by atoms with van der Waals surface area (Å²) in [6.07, 6.45) is 0.635. The third-order valence-electron chi connectivity index (χ3n) is 4.46. The fraction of sp³-hybridized carbons (Fsp3) is 0.136. The molecule has 2 N–H and O–H groups in total. The maximum absolute atomic E-state index is 12.2. The van der Waals surface area contributed by atoms with Crippen molar-refractivity contribution in [2.24, 2.45) is 0 Å². The van der Waals surface area contributed by atoms with Crippen LogP contribution in [0, 0.1) is 0 Å². The van der Waals surface area contributed by atoms with Crippen LogP contribution in [-0.4, -0.2) is 12.5 Å². The molecule has 0 fully saturated rings. The minimum atomic E-state index is -0.240. The molecule has 1 atom stereocenters. The molecule has 1 amide bonds. The van der Waals surface area contributed by atoms with Crippen LogP contribution in [0.4, 0.5) is 5.69 Å². The Morgan fingerprint density at radius 2 is 1.54 bits per heavy atom. The Labute approximate surface area is 152 Å². The third-order valence-corrected chi connectivity index (χ3v) is 4.46. The molecule has 0 aromatic heterocycles. The van der Waals surface area contributed by atoms with Crippen LogP contribution in [0.1, 0.15) is 27.7 Å². The Bertz CT molecular complexity index is 892. The highest BCUT2D eigenvalue weighted by atomic mass is 16.5. The number of carbonyl (C=O) groups is 1. The molecular weight excluding hydrogens is 324 g/mol. The van der Waals surface area contributed by atoms with Crippen LogP contribution in [0.15, 0.2) is 78.9 Å². The maximum Gasteiger partial charge on any atom is 0.255 e. The summed E-state index contributed by atoms with van der Waals surface area (Å²) in [7, 11) is 0. The number of benzene rings is 3. The van der Waals surface area contributed by atoms with E-state index in [0.717, 1.165) is 23.4 Å². The van der Waals surface area contributed by atoms with Crippen LogP contribution in [0.2, 0.25) is 0 Å². The Balaban J connectivity index is 1.38. The first-order valence-corrected chi connectivity index (χ1v) is 8.73. The first-order valence-electron chi connectivity index (χ1n) is 8.73. The fourth-order valence-corrected chi connectivity index (χ4v) is 3.06. The highest BCUT2D eigenvalue weighted by Gasteiger charge is 2.23. The molecule has 0 spiro atoms. The minimum absolute atomic E-state index is 0.0625. The molecule has 3 aromatic rings. The lowest BCUT2D eigenvalue weighted by Crippen LogP contribution is -2.38. The number of carbonyl (C=O) groups excluding carboxylic acids is 1. The molecule has 0 bridgehead atoms. The molecule has 3 aromatic carbocycles. The molecule has 1 heterocycles. The fourth-order valence-electron chi connectivity index (χ4n) is 3.06. The molecule has 1 aliphatic rings. The van der Waals surface area contributed by atoms with Crippen LogP contribution in [0.3, 0.4) is 0 Å². The van der Waals surface area contributed by atoms with Gasteiger partial charge >= 0.3 is 0 Å². The van der Waals surface area contributed by atoms with Gasteiger partial charge in [0.2, 0.25) is 0 Å². The number of para-hydroxylation sites is 1. The monoisotopic (exact) mass is 344 g/mol. The second-order valence-corrected chi connectivity index (χ2v) is 6.25. The SMILES string of the molecule is O=C1NC(c2ccc(OCCc3ccccc3)cc2)Nc2ccccc21. The van der Waals surface area contributed by atoms with E-state index in [1.165, 1.54) is 5.56 Å². The number of hydrogen-bond donors (Lipinski definition) is 2. The van der Waals surface area contributed by atoms with E-state index >= 15 is 0 Å². The zero-order valence-corrected chi connectivity index (χ0v) is 14.3. The molecular formula is C22H20N2O2. The Morgan fingerprint density at radius 3 is 2.35 bits per heavy atom. The van der Waals surface area contributed by atoms with Crippen molar-refractivity contribution in [2.45, 2.75) is 12.6 Å². The van der Waals surface area contributed by atoms with Gasteiger partial charge in [0.15, 0.2) is 0 Å². The molecule has 26 heavy (non-hydrogen) atoms. The second-order valence-electron chi connectivity index (χ2n) is 6.25. The van der Waals surface area contributed by atoms with Crippen molar-refractivity contribution in [3.63, 3.8) is 0 Å². The van der Waals surface area contributed by atoms with Crippen LogP contribution in [0.25, 0.3) is 0 Å². The lowest BCUT2D eigenvalue weighted by molar-refractivity contribution is 0.0935. The zero-order chi connectivity index (χ0) is 17.8. The Morgan fingerprint density at radius 1 is 0.808 bits per heavy atom. The van der Waals surface area contributed by atoms with Crippen molar-refractivity contribution in [1.82, 2.24) is 5.32 Å². The summed E-state index contributed by atoms with van der Waals surface area (Å²) in [6, 6.07) is 25.6. The van der Waals surface area contributed by atoms with Gasteiger partial charge in [-0.2, -0.15) is 0 Å². The highest BCUT2D eigenvalue weighted by molar-refractivity contribution is 6.01. The first-order chi connectivity index (χ1) is 12.8. The van der Waals surface area contributed by atoms with Crippen molar-refractivity contribution in [1.29, 1.82) is 0 Å². The van der Waals surface area contributed by atoms with Crippen LogP contribution in [-0.2, 0) is 6.42 Å². The zero-order valence-electron chi connectivity index (χ0n) is 14.3. The Kier molecular flexibility index (Phi) is 4.56. The predicted octanol–water partition coefficient (Wildman–Crippen LogP) is 4.16. The van der Waals surface area contributed by atoms with E-state index in [-0.39, 0.29) is 12.1 Å². The number of anilines is 1. The number of fused-ring (bicyclic) bond motifs is 1. The van der Waals surface area contributed by atoms with Gasteiger partial charge in [-0.25, -0.2) is 0 Å². The van der Waals surface area contributed by atoms with Gasteiger partial charge in [0.1, 0.15) is 11.9 Å². The maximum atomic E-state index is 12.2. The van der Waals surface area contributed by atoms with E-state index in [1.807, 2.05) is 66.7 Å². The molecule has 4 heteroatoms. The topological polar surface area (TPSA) is 50.4 Å². The van der Waals surface area contributed by atoms with Crippen LogP contribution < -0.4 is 15.4 Å². The largest absolute Gasteiger partial charge is 0.493 e. The number of ether oxygens (including phenoxy) is 1. The molecule has 130 valence electrons. The van der Waals surface area contributed by atoms with Gasteiger partial charge in [-0.05, 0) is 35.4 Å². The summed E-state index contributed by atoms with van der Waals surface area (Å²) in [6.45, 7) is 0.634. The van der Waals surface area contributed by atoms with E-state index in [1.54, 1.807) is 0 Å². The summed E-state index contributed by atoms with van der Waals surface area (Å²) in [4.78, 5) is 12.2. The van der Waals surface area contributed by atoms with Crippen LogP contribution >= 0.6 is 0 Å². The van der Waals surface area contributed by atoms with Crippen molar-refractivity contribution >= 4 is 11.6 Å². The van der Waals surface area contributed by atoms with Crippen molar-refractivity contribution < 1.29 is 9.53 Å². The van der Waals surface area contributed by atoms with E-state index in [2.05, 4.69) is 22.8 Å². The van der Waals surface area contributed by atoms with Crippen molar-refractivity contribution in [3.05, 3.63) is 95.6 Å². The lowest BCUT2D eigenvalue weighted by atomic mass is 10.1. The van der Waals surface area contributed by atoms with Gasteiger partial charge in [0.25, 0.3) is 5.91 Å². The van der Waals surface area contributed by atoms with Gasteiger partial charge in [0, 0.05) is 12.1 Å². The standard InChI is InChI=1S/C22H20N2O2/c25-22-19-8-4-5-9-20(19)23-21(24-22)17-10-12-18(13-11-17)26-15-14-16-6-2-1-3-7-16/h1-13,21,23H,14-15H2,(H,24,25). The Hall–Kier alpha value is -3.27. The van der Waals surface area contributed by atoms with Gasteiger partial charge in [-0.3, -0.25) is 4.79 Å². The molecule has 0 saturated carbocycles. The summed E-state index contributed by atoms with van der Waals surface area (Å²) in [5.74, 6) is 0.764. The summed E-state index contributed by atoms with van der Waals surface area (Å²) in [5.41, 5.74) is 3.77. The van der Waals surface area contributed by atoms with Gasteiger partial charge in [0.05, 0.1) is 12.2 Å². The molecule has 0 saturated heterocycles. The summed E-state index contributed by atoms with van der Waals surface area (Å²) < 4.78 is 5.82. The summed E-state index contributed by atoms with van der Waals surface area (Å²) in [5, 5.41) is 6.34. The average Bonchev–Trinajstić information content (AvgIpc) is 2.69. The first kappa shape index (κ1) is 16.2. The highest BCUT2D eigenvalue weighted by Crippen LogP contribution is 2.27. The molecule has 0 radical (unpaired) electrons. The molecule has 4 rings (SSSR count). The normalized spacial score (nSPS) is 15.5. The van der Waals surface area contributed by atoms with E-state index in [9.17, 15) is 4.79 Å². The average molecular weight is 344 g/mol. The second kappa shape index (κ2) is 7.31. The van der Waals surface area contributed by atoms with Crippen LogP contribution in [0.5, 0.6) is 5.75 Å². The quantitative estimate of drug-likeness (QED) is 0.731. The van der Waals surface area contributed by atoms with Gasteiger partial charge in [-0.1, -0.05) is 54.6 Å². The van der Waals surface area contributed by atoms with Gasteiger partial charge in [-0.15, -0.1) is 0 Å². The van der Waals surface area contributed by atoms with Crippen molar-refractivity contribution in [3.8, 4) is 5.75 Å². The van der Waals surface area contributed by atoms with E-state index < -0.39 is 0 Å². The number of rotatable bonds is 5. The molecule has 1 aliphatic heterocycles. The predicted molar refractivity (Wildman–Crippen MR) is 102 cm³/mol. The number of amides is 1. The number of nitrogens with one attached hydrogen (secondary N) is 2. The lowest BCUT2D eigenvalue weighted by Gasteiger charge is -2.28. The molecule has 0 aliphatic carbocycles. The minimum Gasteiger partial charge on any atom is -0.493 e. The summed E-state index contributed by atoms with van der Waals surface area (Å²) >= 11 is 0.